The zero-order chi connectivity index (χ0) is 11.4. The third kappa shape index (κ3) is 2.37. The number of allylic oxidation sites excluding steroid dienone is 1. The van der Waals surface area contributed by atoms with Gasteiger partial charge in [0.1, 0.15) is 5.75 Å². The standard InChI is InChI=1S/C14H13ClO/c1-16-14-7-6-12-9-11(3-2-8-15)4-5-13(12)10-14/h2-7,9-10H,8H2,1H3. The van der Waals surface area contributed by atoms with Crippen LogP contribution in [0.2, 0.25) is 0 Å². The van der Waals surface area contributed by atoms with E-state index in [1.165, 1.54) is 16.3 Å². The number of alkyl halides is 1. The highest BCUT2D eigenvalue weighted by atomic mass is 35.5. The Balaban J connectivity index is 2.43. The van der Waals surface area contributed by atoms with Gasteiger partial charge in [-0.1, -0.05) is 30.4 Å². The molecule has 0 aliphatic carbocycles. The number of rotatable bonds is 3. The largest absolute Gasteiger partial charge is 0.497 e. The molecule has 2 aromatic carbocycles. The Kier molecular flexibility index (Phi) is 3.47. The summed E-state index contributed by atoms with van der Waals surface area (Å²) in [7, 11) is 1.68. The van der Waals surface area contributed by atoms with Crippen LogP contribution in [-0.4, -0.2) is 13.0 Å². The van der Waals surface area contributed by atoms with Gasteiger partial charge in [0.2, 0.25) is 0 Å². The van der Waals surface area contributed by atoms with Crippen LogP contribution in [0.4, 0.5) is 0 Å². The average Bonchev–Trinajstić information content (AvgIpc) is 2.35. The summed E-state index contributed by atoms with van der Waals surface area (Å²) in [5, 5.41) is 2.39. The van der Waals surface area contributed by atoms with E-state index in [1.54, 1.807) is 7.11 Å². The first kappa shape index (κ1) is 11.0. The Morgan fingerprint density at radius 3 is 2.62 bits per heavy atom. The van der Waals surface area contributed by atoms with Gasteiger partial charge in [0.15, 0.2) is 0 Å². The second-order valence-electron chi connectivity index (χ2n) is 3.53. The van der Waals surface area contributed by atoms with E-state index in [4.69, 9.17) is 16.3 Å². The van der Waals surface area contributed by atoms with Crippen molar-refractivity contribution in [1.29, 1.82) is 0 Å². The first-order valence-electron chi connectivity index (χ1n) is 5.14. The van der Waals surface area contributed by atoms with Gasteiger partial charge in [0.25, 0.3) is 0 Å². The van der Waals surface area contributed by atoms with Crippen LogP contribution < -0.4 is 4.74 Å². The molecule has 0 fully saturated rings. The van der Waals surface area contributed by atoms with Gasteiger partial charge in [-0.05, 0) is 34.5 Å². The van der Waals surface area contributed by atoms with Gasteiger partial charge in [-0.25, -0.2) is 0 Å². The molecule has 16 heavy (non-hydrogen) atoms. The maximum Gasteiger partial charge on any atom is 0.119 e. The van der Waals surface area contributed by atoms with Crippen LogP contribution in [-0.2, 0) is 0 Å². The minimum Gasteiger partial charge on any atom is -0.497 e. The topological polar surface area (TPSA) is 9.23 Å². The molecule has 0 bridgehead atoms. The predicted octanol–water partition coefficient (Wildman–Crippen LogP) is 4.10. The van der Waals surface area contributed by atoms with Crippen molar-refractivity contribution in [3.05, 3.63) is 48.0 Å². The van der Waals surface area contributed by atoms with Crippen LogP contribution in [0, 0.1) is 0 Å². The van der Waals surface area contributed by atoms with Crippen molar-refractivity contribution in [3.63, 3.8) is 0 Å². The smallest absolute Gasteiger partial charge is 0.119 e. The zero-order valence-electron chi connectivity index (χ0n) is 9.11. The molecule has 2 aromatic rings. The zero-order valence-corrected chi connectivity index (χ0v) is 9.87. The van der Waals surface area contributed by atoms with Crippen LogP contribution in [0.5, 0.6) is 5.75 Å². The van der Waals surface area contributed by atoms with E-state index in [-0.39, 0.29) is 0 Å². The van der Waals surface area contributed by atoms with Crippen LogP contribution in [0.1, 0.15) is 5.56 Å². The quantitative estimate of drug-likeness (QED) is 0.724. The maximum atomic E-state index is 5.61. The molecule has 0 spiro atoms. The molecule has 2 rings (SSSR count). The third-order valence-corrected chi connectivity index (χ3v) is 2.65. The molecular formula is C14H13ClO. The molecule has 0 amide bonds. The van der Waals surface area contributed by atoms with E-state index in [1.807, 2.05) is 24.3 Å². The summed E-state index contributed by atoms with van der Waals surface area (Å²) in [6, 6.07) is 12.4. The average molecular weight is 233 g/mol. The molecule has 2 heteroatoms. The second kappa shape index (κ2) is 5.04. The molecule has 0 aromatic heterocycles. The summed E-state index contributed by atoms with van der Waals surface area (Å²) < 4.78 is 5.19. The van der Waals surface area contributed by atoms with Gasteiger partial charge in [-0.3, -0.25) is 0 Å². The first-order chi connectivity index (χ1) is 7.83. The Morgan fingerprint density at radius 1 is 1.12 bits per heavy atom. The summed E-state index contributed by atoms with van der Waals surface area (Å²) in [6.07, 6.45) is 3.96. The monoisotopic (exact) mass is 232 g/mol. The van der Waals surface area contributed by atoms with Crippen molar-refractivity contribution >= 4 is 28.4 Å². The van der Waals surface area contributed by atoms with E-state index < -0.39 is 0 Å². The minimum absolute atomic E-state index is 0.542. The summed E-state index contributed by atoms with van der Waals surface area (Å²) in [5.74, 6) is 1.43. The fourth-order valence-corrected chi connectivity index (χ4v) is 1.74. The van der Waals surface area contributed by atoms with Crippen LogP contribution in [0.25, 0.3) is 16.8 Å². The van der Waals surface area contributed by atoms with E-state index in [0.29, 0.717) is 5.88 Å². The van der Waals surface area contributed by atoms with Gasteiger partial charge in [-0.2, -0.15) is 0 Å². The van der Waals surface area contributed by atoms with Crippen molar-refractivity contribution in [1.82, 2.24) is 0 Å². The van der Waals surface area contributed by atoms with Gasteiger partial charge in [0, 0.05) is 5.88 Å². The summed E-state index contributed by atoms with van der Waals surface area (Å²) in [6.45, 7) is 0. The fraction of sp³-hybridized carbons (Fsp3) is 0.143. The second-order valence-corrected chi connectivity index (χ2v) is 3.84. The van der Waals surface area contributed by atoms with Crippen molar-refractivity contribution in [2.24, 2.45) is 0 Å². The van der Waals surface area contributed by atoms with Gasteiger partial charge >= 0.3 is 0 Å². The molecule has 0 N–H and O–H groups in total. The molecule has 0 heterocycles. The molecular weight excluding hydrogens is 220 g/mol. The maximum absolute atomic E-state index is 5.61. The van der Waals surface area contributed by atoms with E-state index in [2.05, 4.69) is 24.3 Å². The number of benzene rings is 2. The number of methoxy groups -OCH3 is 1. The highest BCUT2D eigenvalue weighted by Gasteiger charge is 1.96. The minimum atomic E-state index is 0.542. The summed E-state index contributed by atoms with van der Waals surface area (Å²) in [5.41, 5.74) is 1.17. The van der Waals surface area contributed by atoms with E-state index in [0.717, 1.165) is 5.75 Å². The number of hydrogen-bond donors (Lipinski definition) is 0. The van der Waals surface area contributed by atoms with Crippen LogP contribution in [0.3, 0.4) is 0 Å². The van der Waals surface area contributed by atoms with Crippen LogP contribution >= 0.6 is 11.6 Å². The van der Waals surface area contributed by atoms with E-state index >= 15 is 0 Å². The first-order valence-corrected chi connectivity index (χ1v) is 5.67. The molecule has 82 valence electrons. The van der Waals surface area contributed by atoms with Gasteiger partial charge < -0.3 is 4.74 Å². The van der Waals surface area contributed by atoms with Crippen molar-refractivity contribution < 1.29 is 4.74 Å². The molecule has 0 saturated heterocycles. The predicted molar refractivity (Wildman–Crippen MR) is 70.3 cm³/mol. The van der Waals surface area contributed by atoms with Crippen LogP contribution in [0.15, 0.2) is 42.5 Å². The molecule has 0 unspecified atom stereocenters. The van der Waals surface area contributed by atoms with Crippen molar-refractivity contribution in [3.8, 4) is 5.75 Å². The Hall–Kier alpha value is -1.47. The third-order valence-electron chi connectivity index (χ3n) is 2.47. The lowest BCUT2D eigenvalue weighted by Crippen LogP contribution is -1.82. The molecule has 0 saturated carbocycles. The van der Waals surface area contributed by atoms with Gasteiger partial charge in [-0.15, -0.1) is 11.6 Å². The highest BCUT2D eigenvalue weighted by Crippen LogP contribution is 2.22. The number of ether oxygens (including phenoxy) is 1. The van der Waals surface area contributed by atoms with Crippen molar-refractivity contribution in [2.75, 3.05) is 13.0 Å². The number of hydrogen-bond acceptors (Lipinski definition) is 1. The highest BCUT2D eigenvalue weighted by molar-refractivity contribution is 6.19. The Morgan fingerprint density at radius 2 is 1.88 bits per heavy atom. The normalized spacial score (nSPS) is 11.1. The lowest BCUT2D eigenvalue weighted by atomic mass is 10.1. The van der Waals surface area contributed by atoms with E-state index in [9.17, 15) is 0 Å². The summed E-state index contributed by atoms with van der Waals surface area (Å²) >= 11 is 5.61. The molecule has 0 radical (unpaired) electrons. The molecule has 0 atom stereocenters. The molecule has 0 aliphatic heterocycles. The van der Waals surface area contributed by atoms with Gasteiger partial charge in [0.05, 0.1) is 7.11 Å². The molecule has 0 aliphatic rings. The lowest BCUT2D eigenvalue weighted by Gasteiger charge is -2.03. The summed E-state index contributed by atoms with van der Waals surface area (Å²) in [4.78, 5) is 0. The number of halogens is 1. The van der Waals surface area contributed by atoms with Crippen molar-refractivity contribution in [2.45, 2.75) is 0 Å². The Bertz CT molecular complexity index is 517. The SMILES string of the molecule is COc1ccc2cc(C=CCCl)ccc2c1. The lowest BCUT2D eigenvalue weighted by molar-refractivity contribution is 0.415. The number of fused-ring (bicyclic) bond motifs is 1. The Labute approximate surface area is 100 Å². The molecule has 1 nitrogen and oxygen atoms in total. The fourth-order valence-electron chi connectivity index (χ4n) is 1.65.